The average Bonchev–Trinajstić information content (AvgIpc) is 3.63. The highest BCUT2D eigenvalue weighted by Crippen LogP contribution is 2.35. The molecule has 0 bridgehead atoms. The summed E-state index contributed by atoms with van der Waals surface area (Å²) in [4.78, 5) is 16.3. The summed E-state index contributed by atoms with van der Waals surface area (Å²) < 4.78 is 9.05. The zero-order valence-electron chi connectivity index (χ0n) is 19.2. The van der Waals surface area contributed by atoms with Gasteiger partial charge in [-0.1, -0.05) is 48.5 Å². The van der Waals surface area contributed by atoms with Crippen molar-refractivity contribution in [1.29, 1.82) is 0 Å². The summed E-state index contributed by atoms with van der Waals surface area (Å²) in [5.41, 5.74) is 4.97. The highest BCUT2D eigenvalue weighted by molar-refractivity contribution is 7.19. The molecule has 3 aromatic carbocycles. The van der Waals surface area contributed by atoms with Crippen molar-refractivity contribution in [1.82, 2.24) is 14.8 Å². The third-order valence-corrected chi connectivity index (χ3v) is 7.04. The lowest BCUT2D eigenvalue weighted by atomic mass is 10.1. The van der Waals surface area contributed by atoms with E-state index in [4.69, 9.17) is 14.5 Å². The standard InChI is InChI=1S/C29H21N3O3S/c33-27(34)15-14-20(29-30-23-11-5-7-13-26(23)36-29)16-21-18-32(22-9-2-1-3-10-22)31-28(21)25-17-19-8-4-6-12-24(19)35-25/h1-13,16-18H,14-15H2,(H,33,34). The van der Waals surface area contributed by atoms with Crippen LogP contribution in [0.15, 0.2) is 95.5 Å². The van der Waals surface area contributed by atoms with Gasteiger partial charge in [-0.05, 0) is 54.5 Å². The zero-order valence-corrected chi connectivity index (χ0v) is 20.0. The van der Waals surface area contributed by atoms with Crippen LogP contribution in [0.3, 0.4) is 0 Å². The number of carboxylic acids is 1. The maximum absolute atomic E-state index is 11.5. The van der Waals surface area contributed by atoms with Gasteiger partial charge in [-0.15, -0.1) is 11.3 Å². The lowest BCUT2D eigenvalue weighted by Crippen LogP contribution is -1.95. The second kappa shape index (κ2) is 9.28. The SMILES string of the molecule is O=C(O)CCC(=Cc1cn(-c2ccccc2)nc1-c1cc2ccccc2o1)c1nc2ccccc2s1. The maximum atomic E-state index is 11.5. The van der Waals surface area contributed by atoms with Crippen LogP contribution < -0.4 is 0 Å². The Bertz CT molecular complexity index is 1660. The van der Waals surface area contributed by atoms with Crippen molar-refractivity contribution in [3.05, 3.63) is 102 Å². The number of hydrogen-bond donors (Lipinski definition) is 1. The molecular formula is C29H21N3O3S. The first-order valence-corrected chi connectivity index (χ1v) is 12.4. The van der Waals surface area contributed by atoms with Gasteiger partial charge in [-0.25, -0.2) is 9.67 Å². The predicted molar refractivity (Wildman–Crippen MR) is 143 cm³/mol. The third-order valence-electron chi connectivity index (χ3n) is 5.93. The minimum Gasteiger partial charge on any atom is -0.481 e. The predicted octanol–water partition coefficient (Wildman–Crippen LogP) is 7.30. The van der Waals surface area contributed by atoms with Crippen molar-refractivity contribution in [3.63, 3.8) is 0 Å². The summed E-state index contributed by atoms with van der Waals surface area (Å²) in [6.45, 7) is 0. The van der Waals surface area contributed by atoms with E-state index in [-0.39, 0.29) is 6.42 Å². The first-order chi connectivity index (χ1) is 17.6. The van der Waals surface area contributed by atoms with Crippen molar-refractivity contribution >= 4 is 50.1 Å². The van der Waals surface area contributed by atoms with Gasteiger partial charge >= 0.3 is 5.97 Å². The van der Waals surface area contributed by atoms with Crippen LogP contribution in [-0.4, -0.2) is 25.8 Å². The molecule has 6 nitrogen and oxygen atoms in total. The fourth-order valence-electron chi connectivity index (χ4n) is 4.18. The van der Waals surface area contributed by atoms with Crippen LogP contribution in [0.4, 0.5) is 0 Å². The molecule has 0 aliphatic heterocycles. The number of hydrogen-bond acceptors (Lipinski definition) is 5. The van der Waals surface area contributed by atoms with Gasteiger partial charge in [-0.3, -0.25) is 4.79 Å². The quantitative estimate of drug-likeness (QED) is 0.253. The molecule has 7 heteroatoms. The smallest absolute Gasteiger partial charge is 0.303 e. The molecule has 0 fully saturated rings. The van der Waals surface area contributed by atoms with E-state index >= 15 is 0 Å². The molecule has 0 spiro atoms. The Balaban J connectivity index is 1.52. The van der Waals surface area contributed by atoms with E-state index in [1.807, 2.05) is 102 Å². The Labute approximate surface area is 210 Å². The van der Waals surface area contributed by atoms with Gasteiger partial charge in [0.15, 0.2) is 5.76 Å². The van der Waals surface area contributed by atoms with Crippen molar-refractivity contribution in [2.75, 3.05) is 0 Å². The van der Waals surface area contributed by atoms with Crippen LogP contribution in [0, 0.1) is 0 Å². The van der Waals surface area contributed by atoms with Gasteiger partial charge in [-0.2, -0.15) is 5.10 Å². The van der Waals surface area contributed by atoms with Gasteiger partial charge in [0.2, 0.25) is 0 Å². The van der Waals surface area contributed by atoms with Crippen LogP contribution in [0.1, 0.15) is 23.4 Å². The number of fused-ring (bicyclic) bond motifs is 2. The molecule has 0 amide bonds. The van der Waals surface area contributed by atoms with Crippen LogP contribution in [-0.2, 0) is 4.79 Å². The molecule has 176 valence electrons. The fraction of sp³-hybridized carbons (Fsp3) is 0.0690. The molecule has 1 N–H and O–H groups in total. The second-order valence-electron chi connectivity index (χ2n) is 8.41. The number of furan rings is 1. The molecular weight excluding hydrogens is 470 g/mol. The molecule has 0 aliphatic rings. The van der Waals surface area contributed by atoms with Crippen molar-refractivity contribution in [2.45, 2.75) is 12.8 Å². The number of carboxylic acid groups (broad SMARTS) is 1. The van der Waals surface area contributed by atoms with Gasteiger partial charge < -0.3 is 9.52 Å². The number of aliphatic carboxylic acids is 1. The summed E-state index contributed by atoms with van der Waals surface area (Å²) >= 11 is 1.56. The molecule has 0 unspecified atom stereocenters. The number of aromatic nitrogens is 3. The largest absolute Gasteiger partial charge is 0.481 e. The lowest BCUT2D eigenvalue weighted by molar-refractivity contribution is -0.136. The number of nitrogens with zero attached hydrogens (tertiary/aromatic N) is 3. The number of rotatable bonds is 7. The summed E-state index contributed by atoms with van der Waals surface area (Å²) in [5, 5.41) is 16.1. The monoisotopic (exact) mass is 491 g/mol. The topological polar surface area (TPSA) is 81.1 Å². The molecule has 6 aromatic rings. The summed E-state index contributed by atoms with van der Waals surface area (Å²) in [7, 11) is 0. The van der Waals surface area contributed by atoms with Crippen LogP contribution in [0.2, 0.25) is 0 Å². The molecule has 0 atom stereocenters. The number of carbonyl (C=O) groups is 1. The molecule has 3 aromatic heterocycles. The fourth-order valence-corrected chi connectivity index (χ4v) is 5.18. The van der Waals surface area contributed by atoms with Crippen LogP contribution in [0.5, 0.6) is 0 Å². The minimum absolute atomic E-state index is 0.00848. The van der Waals surface area contributed by atoms with Gasteiger partial charge in [0.05, 0.1) is 15.9 Å². The van der Waals surface area contributed by atoms with Crippen molar-refractivity contribution < 1.29 is 14.3 Å². The van der Waals surface area contributed by atoms with E-state index in [1.54, 1.807) is 11.3 Å². The van der Waals surface area contributed by atoms with E-state index in [1.165, 1.54) is 0 Å². The molecule has 0 aliphatic carbocycles. The van der Waals surface area contributed by atoms with Gasteiger partial charge in [0, 0.05) is 23.6 Å². The van der Waals surface area contributed by atoms with E-state index in [0.717, 1.165) is 43.0 Å². The van der Waals surface area contributed by atoms with Crippen LogP contribution >= 0.6 is 11.3 Å². The Hall–Kier alpha value is -4.49. The third kappa shape index (κ3) is 4.32. The number of para-hydroxylation sites is 3. The van der Waals surface area contributed by atoms with Gasteiger partial charge in [0.25, 0.3) is 0 Å². The van der Waals surface area contributed by atoms with Crippen molar-refractivity contribution in [2.24, 2.45) is 0 Å². The van der Waals surface area contributed by atoms with Gasteiger partial charge in [0.1, 0.15) is 16.3 Å². The van der Waals surface area contributed by atoms with E-state index in [2.05, 4.69) is 0 Å². The van der Waals surface area contributed by atoms with E-state index < -0.39 is 5.97 Å². The normalized spacial score (nSPS) is 11.9. The highest BCUT2D eigenvalue weighted by atomic mass is 32.1. The van der Waals surface area contributed by atoms with E-state index in [0.29, 0.717) is 17.9 Å². The molecule has 36 heavy (non-hydrogen) atoms. The number of thiazole rings is 1. The summed E-state index contributed by atoms with van der Waals surface area (Å²) in [6.07, 6.45) is 4.31. The Morgan fingerprint density at radius 2 is 1.75 bits per heavy atom. The second-order valence-corrected chi connectivity index (χ2v) is 9.44. The first-order valence-electron chi connectivity index (χ1n) is 11.6. The first kappa shape index (κ1) is 22.0. The molecule has 3 heterocycles. The number of benzene rings is 3. The molecule has 0 saturated heterocycles. The molecule has 0 radical (unpaired) electrons. The molecule has 0 saturated carbocycles. The summed E-state index contributed by atoms with van der Waals surface area (Å²) in [6, 6.07) is 27.6. The Morgan fingerprint density at radius 1 is 0.972 bits per heavy atom. The van der Waals surface area contributed by atoms with Crippen LogP contribution in [0.25, 0.3) is 50.0 Å². The summed E-state index contributed by atoms with van der Waals surface area (Å²) in [5.74, 6) is -0.196. The minimum atomic E-state index is -0.848. The number of allylic oxidation sites excluding steroid dienone is 1. The zero-order chi connectivity index (χ0) is 24.5. The van der Waals surface area contributed by atoms with E-state index in [9.17, 15) is 9.90 Å². The average molecular weight is 492 g/mol. The highest BCUT2D eigenvalue weighted by Gasteiger charge is 2.18. The Morgan fingerprint density at radius 3 is 2.56 bits per heavy atom. The lowest BCUT2D eigenvalue weighted by Gasteiger charge is -2.03. The van der Waals surface area contributed by atoms with Crippen molar-refractivity contribution in [3.8, 4) is 17.1 Å². The maximum Gasteiger partial charge on any atom is 0.303 e. The molecule has 6 rings (SSSR count). The Kier molecular flexibility index (Phi) is 5.67.